The van der Waals surface area contributed by atoms with E-state index in [0.29, 0.717) is 6.42 Å². The Morgan fingerprint density at radius 1 is 0.385 bits per heavy atom. The molecule has 0 aliphatic carbocycles. The average molecular weight is 548 g/mol. The van der Waals surface area contributed by atoms with Gasteiger partial charge in [-0.1, -0.05) is 132 Å². The first-order valence-electron chi connectivity index (χ1n) is 15.6. The zero-order valence-electron chi connectivity index (χ0n) is 24.1. The summed E-state index contributed by atoms with van der Waals surface area (Å²) in [6.45, 7) is 0. The van der Waals surface area contributed by atoms with Crippen LogP contribution in [0.1, 0.15) is 103 Å². The number of aliphatic hydroxyl groups is 2. The molecule has 0 amide bonds. The fraction of sp³-hybridized carbons (Fsp3) is 0.500. The second kappa shape index (κ2) is 19.1. The lowest BCUT2D eigenvalue weighted by Gasteiger charge is -2.27. The standard InChI is InChI=1S/C36H52O2P/c37-36(38)31-23-12-10-8-6-4-2-1-3-5-7-9-11-13-24-32-39(33-25-17-14-18-26-33,34-27-19-15-20-28-34)35-29-21-16-22-30-35/h14-22,25-30,36-38H,1-13,23-24,31-32H2/q+1. The summed E-state index contributed by atoms with van der Waals surface area (Å²) in [4.78, 5) is 0. The number of unbranched alkanes of at least 4 members (excludes halogenated alkanes) is 14. The molecule has 39 heavy (non-hydrogen) atoms. The van der Waals surface area contributed by atoms with Gasteiger partial charge in [-0.25, -0.2) is 0 Å². The minimum Gasteiger partial charge on any atom is -0.368 e. The first-order valence-corrected chi connectivity index (χ1v) is 17.6. The van der Waals surface area contributed by atoms with Crippen LogP contribution in [0.15, 0.2) is 91.0 Å². The van der Waals surface area contributed by atoms with Gasteiger partial charge in [0.1, 0.15) is 23.2 Å². The maximum Gasteiger partial charge on any atom is 0.151 e. The highest BCUT2D eigenvalue weighted by molar-refractivity contribution is 7.95. The minimum absolute atomic E-state index is 0.525. The highest BCUT2D eigenvalue weighted by Crippen LogP contribution is 2.56. The molecule has 0 atom stereocenters. The molecule has 0 saturated heterocycles. The van der Waals surface area contributed by atoms with Gasteiger partial charge >= 0.3 is 0 Å². The van der Waals surface area contributed by atoms with Crippen LogP contribution in [0.2, 0.25) is 0 Å². The van der Waals surface area contributed by atoms with Gasteiger partial charge < -0.3 is 10.2 Å². The van der Waals surface area contributed by atoms with Gasteiger partial charge in [-0.05, 0) is 62.1 Å². The van der Waals surface area contributed by atoms with Gasteiger partial charge in [0.2, 0.25) is 0 Å². The zero-order valence-corrected chi connectivity index (χ0v) is 25.0. The van der Waals surface area contributed by atoms with Gasteiger partial charge in [-0.2, -0.15) is 0 Å². The SMILES string of the molecule is OC(O)CCCCCCCCCCCCCCCCC[P+](c1ccccc1)(c1ccccc1)c1ccccc1. The van der Waals surface area contributed by atoms with Crippen LogP contribution in [0.3, 0.4) is 0 Å². The number of hydrogen-bond acceptors (Lipinski definition) is 2. The lowest BCUT2D eigenvalue weighted by atomic mass is 10.0. The van der Waals surface area contributed by atoms with Gasteiger partial charge in [0.25, 0.3) is 0 Å². The summed E-state index contributed by atoms with van der Waals surface area (Å²) < 4.78 is 0. The van der Waals surface area contributed by atoms with E-state index in [2.05, 4.69) is 91.0 Å². The molecule has 0 unspecified atom stereocenters. The molecule has 2 nitrogen and oxygen atoms in total. The van der Waals surface area contributed by atoms with Crippen molar-refractivity contribution in [1.82, 2.24) is 0 Å². The molecule has 3 heteroatoms. The monoisotopic (exact) mass is 547 g/mol. The third-order valence-corrected chi connectivity index (χ3v) is 12.6. The Hall–Kier alpha value is -1.99. The number of hydrogen-bond donors (Lipinski definition) is 2. The number of rotatable bonds is 21. The predicted molar refractivity (Wildman–Crippen MR) is 172 cm³/mol. The van der Waals surface area contributed by atoms with E-state index in [1.807, 2.05) is 0 Å². The Morgan fingerprint density at radius 2 is 0.667 bits per heavy atom. The van der Waals surface area contributed by atoms with E-state index in [1.165, 1.54) is 106 Å². The van der Waals surface area contributed by atoms with E-state index in [0.717, 1.165) is 12.8 Å². The molecule has 0 heterocycles. The molecule has 0 radical (unpaired) electrons. The van der Waals surface area contributed by atoms with Gasteiger partial charge in [-0.3, -0.25) is 0 Å². The van der Waals surface area contributed by atoms with Gasteiger partial charge in [0.15, 0.2) is 6.29 Å². The first-order chi connectivity index (χ1) is 19.2. The van der Waals surface area contributed by atoms with E-state index in [1.54, 1.807) is 0 Å². The molecule has 2 N–H and O–H groups in total. The molecular formula is C36H52O2P+. The third-order valence-electron chi connectivity index (χ3n) is 8.05. The van der Waals surface area contributed by atoms with Crippen LogP contribution < -0.4 is 15.9 Å². The molecule has 0 aliphatic rings. The highest BCUT2D eigenvalue weighted by atomic mass is 31.2. The molecule has 0 bridgehead atoms. The zero-order chi connectivity index (χ0) is 27.4. The van der Waals surface area contributed by atoms with Crippen LogP contribution in [0.4, 0.5) is 0 Å². The lowest BCUT2D eigenvalue weighted by Crippen LogP contribution is -2.33. The Labute approximate surface area is 239 Å². The molecule has 0 spiro atoms. The predicted octanol–water partition coefficient (Wildman–Crippen LogP) is 8.53. The molecule has 3 rings (SSSR count). The van der Waals surface area contributed by atoms with Crippen molar-refractivity contribution in [3.63, 3.8) is 0 Å². The maximum absolute atomic E-state index is 8.87. The molecule has 0 saturated carbocycles. The van der Waals surface area contributed by atoms with Gasteiger partial charge in [0, 0.05) is 0 Å². The summed E-state index contributed by atoms with van der Waals surface area (Å²) in [6, 6.07) is 33.9. The molecule has 0 aliphatic heterocycles. The van der Waals surface area contributed by atoms with Gasteiger partial charge in [-0.15, -0.1) is 0 Å². The van der Waals surface area contributed by atoms with Crippen molar-refractivity contribution in [2.45, 2.75) is 109 Å². The molecule has 0 fully saturated rings. The van der Waals surface area contributed by atoms with E-state index >= 15 is 0 Å². The number of aliphatic hydroxyl groups excluding tert-OH is 1. The van der Waals surface area contributed by atoms with Crippen molar-refractivity contribution >= 4 is 23.2 Å². The van der Waals surface area contributed by atoms with Crippen molar-refractivity contribution in [2.75, 3.05) is 6.16 Å². The van der Waals surface area contributed by atoms with Gasteiger partial charge in [0.05, 0.1) is 6.16 Å². The summed E-state index contributed by atoms with van der Waals surface area (Å²) in [5.74, 6) is 0. The van der Waals surface area contributed by atoms with Crippen molar-refractivity contribution in [3.8, 4) is 0 Å². The number of benzene rings is 3. The third kappa shape index (κ3) is 11.2. The highest BCUT2D eigenvalue weighted by Gasteiger charge is 2.44. The Bertz CT molecular complexity index is 878. The van der Waals surface area contributed by atoms with E-state index in [-0.39, 0.29) is 0 Å². The fourth-order valence-corrected chi connectivity index (χ4v) is 10.3. The second-order valence-electron chi connectivity index (χ2n) is 11.1. The van der Waals surface area contributed by atoms with Crippen molar-refractivity contribution in [3.05, 3.63) is 91.0 Å². The summed E-state index contributed by atoms with van der Waals surface area (Å²) in [5, 5.41) is 22.3. The molecule has 3 aromatic carbocycles. The molecule has 0 aromatic heterocycles. The summed E-state index contributed by atoms with van der Waals surface area (Å²) in [6.07, 6.45) is 20.2. The second-order valence-corrected chi connectivity index (χ2v) is 14.7. The van der Waals surface area contributed by atoms with Crippen LogP contribution in [0.25, 0.3) is 0 Å². The van der Waals surface area contributed by atoms with E-state index < -0.39 is 13.6 Å². The summed E-state index contributed by atoms with van der Waals surface area (Å²) in [7, 11) is -1.67. The van der Waals surface area contributed by atoms with Crippen molar-refractivity contribution < 1.29 is 10.2 Å². The molecular weight excluding hydrogens is 495 g/mol. The average Bonchev–Trinajstić information content (AvgIpc) is 2.98. The van der Waals surface area contributed by atoms with Crippen LogP contribution in [0.5, 0.6) is 0 Å². The van der Waals surface area contributed by atoms with E-state index in [4.69, 9.17) is 10.2 Å². The topological polar surface area (TPSA) is 40.5 Å². The Balaban J connectivity index is 1.35. The van der Waals surface area contributed by atoms with Crippen LogP contribution >= 0.6 is 7.26 Å². The van der Waals surface area contributed by atoms with E-state index in [9.17, 15) is 0 Å². The van der Waals surface area contributed by atoms with Crippen molar-refractivity contribution in [1.29, 1.82) is 0 Å². The molecule has 3 aromatic rings. The maximum atomic E-state index is 8.87. The Morgan fingerprint density at radius 3 is 0.974 bits per heavy atom. The minimum atomic E-state index is -1.67. The first kappa shape index (κ1) is 31.5. The van der Waals surface area contributed by atoms with Crippen LogP contribution in [-0.2, 0) is 0 Å². The van der Waals surface area contributed by atoms with Crippen LogP contribution in [-0.4, -0.2) is 22.7 Å². The van der Waals surface area contributed by atoms with Crippen molar-refractivity contribution in [2.24, 2.45) is 0 Å². The summed E-state index contributed by atoms with van der Waals surface area (Å²) in [5.41, 5.74) is 0. The summed E-state index contributed by atoms with van der Waals surface area (Å²) >= 11 is 0. The fourth-order valence-electron chi connectivity index (χ4n) is 5.86. The normalized spacial score (nSPS) is 11.8. The Kier molecular flexibility index (Phi) is 15.5. The van der Waals surface area contributed by atoms with Crippen LogP contribution in [0, 0.1) is 0 Å². The lowest BCUT2D eigenvalue weighted by molar-refractivity contribution is -0.0466. The molecule has 212 valence electrons. The quantitative estimate of drug-likeness (QED) is 0.0797. The smallest absolute Gasteiger partial charge is 0.151 e. The largest absolute Gasteiger partial charge is 0.368 e.